The van der Waals surface area contributed by atoms with E-state index in [1.165, 1.54) is 18.2 Å². The zero-order valence-electron chi connectivity index (χ0n) is 15.4. The van der Waals surface area contributed by atoms with E-state index in [9.17, 15) is 4.79 Å². The first-order chi connectivity index (χ1) is 13.6. The fourth-order valence-electron chi connectivity index (χ4n) is 3.27. The molecule has 2 aromatic carbocycles. The van der Waals surface area contributed by atoms with E-state index in [-0.39, 0.29) is 5.97 Å². The van der Waals surface area contributed by atoms with Crippen molar-refractivity contribution in [1.29, 1.82) is 0 Å². The first-order valence-corrected chi connectivity index (χ1v) is 9.31. The van der Waals surface area contributed by atoms with Gasteiger partial charge in [-0.3, -0.25) is 0 Å². The van der Waals surface area contributed by atoms with Gasteiger partial charge >= 0.3 is 5.97 Å². The molecule has 0 saturated carbocycles. The normalized spacial score (nSPS) is 13.0. The first kappa shape index (κ1) is 18.3. The van der Waals surface area contributed by atoms with Crippen LogP contribution in [-0.4, -0.2) is 29.6 Å². The summed E-state index contributed by atoms with van der Waals surface area (Å²) in [5, 5.41) is 3.84. The van der Waals surface area contributed by atoms with Gasteiger partial charge in [0.1, 0.15) is 5.82 Å². The van der Waals surface area contributed by atoms with Gasteiger partial charge in [-0.2, -0.15) is 4.98 Å². The van der Waals surface area contributed by atoms with Crippen LogP contribution in [0.25, 0.3) is 0 Å². The van der Waals surface area contributed by atoms with E-state index in [4.69, 9.17) is 16.3 Å². The average molecular weight is 395 g/mol. The summed E-state index contributed by atoms with van der Waals surface area (Å²) in [5.74, 6) is 1.06. The van der Waals surface area contributed by atoms with E-state index in [1.807, 2.05) is 42.5 Å². The number of hydrogen-bond acceptors (Lipinski definition) is 6. The second-order valence-corrected chi connectivity index (χ2v) is 6.96. The second kappa shape index (κ2) is 7.86. The highest BCUT2D eigenvalue weighted by atomic mass is 35.5. The Labute approximate surface area is 168 Å². The number of aromatic nitrogens is 2. The van der Waals surface area contributed by atoms with Crippen molar-refractivity contribution in [3.63, 3.8) is 0 Å². The van der Waals surface area contributed by atoms with E-state index in [0.717, 1.165) is 31.0 Å². The first-order valence-electron chi connectivity index (χ1n) is 8.93. The molecule has 0 aliphatic carbocycles. The van der Waals surface area contributed by atoms with Crippen molar-refractivity contribution in [1.82, 2.24) is 9.97 Å². The molecule has 4 rings (SSSR count). The van der Waals surface area contributed by atoms with Crippen molar-refractivity contribution in [2.45, 2.75) is 13.0 Å². The highest BCUT2D eigenvalue weighted by molar-refractivity contribution is 6.30. The maximum absolute atomic E-state index is 11.7. The number of ether oxygens (including phenoxy) is 1. The van der Waals surface area contributed by atoms with Crippen LogP contribution in [0.2, 0.25) is 5.02 Å². The van der Waals surface area contributed by atoms with Crippen LogP contribution in [-0.2, 0) is 17.7 Å². The van der Waals surface area contributed by atoms with E-state index >= 15 is 0 Å². The van der Waals surface area contributed by atoms with Crippen molar-refractivity contribution in [3.05, 3.63) is 76.4 Å². The maximum atomic E-state index is 11.7. The average Bonchev–Trinajstić information content (AvgIpc) is 2.72. The summed E-state index contributed by atoms with van der Waals surface area (Å²) >= 11 is 6.03. The lowest BCUT2D eigenvalue weighted by Gasteiger charge is -2.30. The fourth-order valence-corrected chi connectivity index (χ4v) is 3.46. The molecule has 1 aromatic heterocycles. The molecule has 2 heterocycles. The summed E-state index contributed by atoms with van der Waals surface area (Å²) in [6, 6.07) is 15.0. The van der Waals surface area contributed by atoms with Crippen LogP contribution in [0, 0.1) is 0 Å². The minimum atomic E-state index is -0.308. The maximum Gasteiger partial charge on any atom is 0.337 e. The van der Waals surface area contributed by atoms with Gasteiger partial charge in [-0.1, -0.05) is 23.7 Å². The smallest absolute Gasteiger partial charge is 0.337 e. The monoisotopic (exact) mass is 394 g/mol. The molecule has 28 heavy (non-hydrogen) atoms. The largest absolute Gasteiger partial charge is 0.465 e. The number of halogens is 1. The number of nitrogens with one attached hydrogen (secondary N) is 1. The summed E-state index contributed by atoms with van der Waals surface area (Å²) in [5.41, 5.74) is 3.78. The summed E-state index contributed by atoms with van der Waals surface area (Å²) in [6.07, 6.45) is 2.58. The van der Waals surface area contributed by atoms with Crippen LogP contribution in [0.5, 0.6) is 0 Å². The number of hydrogen-bond donors (Lipinski definition) is 1. The Balaban J connectivity index is 1.52. The molecule has 0 spiro atoms. The van der Waals surface area contributed by atoms with Gasteiger partial charge in [-0.25, -0.2) is 9.78 Å². The number of fused-ring (bicyclic) bond motifs is 1. The third kappa shape index (κ3) is 3.92. The molecule has 142 valence electrons. The van der Waals surface area contributed by atoms with Crippen molar-refractivity contribution in [3.8, 4) is 0 Å². The van der Waals surface area contributed by atoms with Gasteiger partial charge in [0.05, 0.1) is 12.7 Å². The lowest BCUT2D eigenvalue weighted by Crippen LogP contribution is -2.31. The fraction of sp³-hybridized carbons (Fsp3) is 0.190. The van der Waals surface area contributed by atoms with Crippen LogP contribution in [0.15, 0.2) is 54.7 Å². The molecule has 0 fully saturated rings. The quantitative estimate of drug-likeness (QED) is 0.668. The third-order valence-electron chi connectivity index (χ3n) is 4.69. The Hall–Kier alpha value is -3.12. The van der Waals surface area contributed by atoms with Crippen molar-refractivity contribution >= 4 is 35.0 Å². The van der Waals surface area contributed by atoms with Crippen LogP contribution < -0.4 is 10.2 Å². The Morgan fingerprint density at radius 1 is 1.18 bits per heavy atom. The van der Waals surface area contributed by atoms with Crippen LogP contribution in [0.3, 0.4) is 0 Å². The Morgan fingerprint density at radius 2 is 2.07 bits per heavy atom. The minimum absolute atomic E-state index is 0.308. The van der Waals surface area contributed by atoms with Gasteiger partial charge in [0.25, 0.3) is 0 Å². The van der Waals surface area contributed by atoms with Gasteiger partial charge in [-0.15, -0.1) is 0 Å². The molecule has 0 amide bonds. The Kier molecular flexibility index (Phi) is 5.12. The molecule has 7 heteroatoms. The van der Waals surface area contributed by atoms with Crippen LogP contribution in [0.1, 0.15) is 21.5 Å². The lowest BCUT2D eigenvalue weighted by atomic mass is 9.97. The van der Waals surface area contributed by atoms with Crippen molar-refractivity contribution < 1.29 is 9.53 Å². The third-order valence-corrected chi connectivity index (χ3v) is 4.92. The number of benzene rings is 2. The van der Waals surface area contributed by atoms with Gasteiger partial charge in [-0.05, 0) is 53.9 Å². The summed E-state index contributed by atoms with van der Waals surface area (Å²) in [7, 11) is 1.40. The molecule has 1 aliphatic heterocycles. The molecular weight excluding hydrogens is 376 g/mol. The summed E-state index contributed by atoms with van der Waals surface area (Å²) in [6.45, 7) is 1.54. The summed E-state index contributed by atoms with van der Waals surface area (Å²) < 4.78 is 4.81. The highest BCUT2D eigenvalue weighted by Crippen LogP contribution is 2.25. The van der Waals surface area contributed by atoms with Gasteiger partial charge < -0.3 is 15.0 Å². The molecule has 3 aromatic rings. The number of carbonyl (C=O) groups is 1. The van der Waals surface area contributed by atoms with Crippen molar-refractivity contribution in [2.24, 2.45) is 0 Å². The molecule has 1 N–H and O–H groups in total. The van der Waals surface area contributed by atoms with Gasteiger partial charge in [0, 0.05) is 30.0 Å². The highest BCUT2D eigenvalue weighted by Gasteiger charge is 2.19. The van der Waals surface area contributed by atoms with E-state index in [2.05, 4.69) is 20.2 Å². The van der Waals surface area contributed by atoms with E-state index in [1.54, 1.807) is 12.3 Å². The second-order valence-electron chi connectivity index (χ2n) is 6.52. The van der Waals surface area contributed by atoms with Crippen LogP contribution >= 0.6 is 11.6 Å². The molecule has 0 bridgehead atoms. The predicted molar refractivity (Wildman–Crippen MR) is 109 cm³/mol. The number of rotatable bonds is 4. The van der Waals surface area contributed by atoms with E-state index < -0.39 is 0 Å². The Bertz CT molecular complexity index is 1020. The predicted octanol–water partition coefficient (Wildman–Crippen LogP) is 4.22. The summed E-state index contributed by atoms with van der Waals surface area (Å²) in [4.78, 5) is 22.9. The molecule has 0 saturated heterocycles. The minimum Gasteiger partial charge on any atom is -0.465 e. The van der Waals surface area contributed by atoms with Gasteiger partial charge in [0.15, 0.2) is 0 Å². The zero-order chi connectivity index (χ0) is 19.5. The number of carbonyl (C=O) groups excluding carboxylic acids is 1. The number of methoxy groups -OCH3 is 1. The Morgan fingerprint density at radius 3 is 2.89 bits per heavy atom. The molecule has 0 radical (unpaired) electrons. The molecule has 1 aliphatic rings. The number of anilines is 3. The molecular formula is C21H19ClN4O2. The topological polar surface area (TPSA) is 67.3 Å². The standard InChI is InChI=1S/C21H19ClN4O2/c1-28-20(27)15-5-6-16-13-26(10-8-14(16)11-15)19-7-9-23-21(25-19)24-18-4-2-3-17(22)12-18/h2-7,9,11-12H,8,10,13H2,1H3,(H,23,24,25). The molecule has 0 unspecified atom stereocenters. The van der Waals surface area contributed by atoms with E-state index in [0.29, 0.717) is 16.5 Å². The molecule has 6 nitrogen and oxygen atoms in total. The van der Waals surface area contributed by atoms with Crippen molar-refractivity contribution in [2.75, 3.05) is 23.9 Å². The van der Waals surface area contributed by atoms with Gasteiger partial charge in [0.2, 0.25) is 5.95 Å². The van der Waals surface area contributed by atoms with Crippen LogP contribution in [0.4, 0.5) is 17.5 Å². The number of nitrogens with zero attached hydrogens (tertiary/aromatic N) is 3. The molecule has 0 atom stereocenters. The SMILES string of the molecule is COC(=O)c1ccc2c(c1)CCN(c1ccnc(Nc3cccc(Cl)c3)n1)C2. The number of esters is 1. The lowest BCUT2D eigenvalue weighted by molar-refractivity contribution is 0.0600. The zero-order valence-corrected chi connectivity index (χ0v) is 16.1.